The van der Waals surface area contributed by atoms with Crippen LogP contribution in [0.5, 0.6) is 0 Å². The number of fused-ring (bicyclic) bond motifs is 2. The molecule has 4 aromatic rings. The summed E-state index contributed by atoms with van der Waals surface area (Å²) in [5, 5.41) is 13.4. The van der Waals surface area contributed by atoms with Crippen molar-refractivity contribution in [1.82, 2.24) is 29.5 Å². The summed E-state index contributed by atoms with van der Waals surface area (Å²) in [5.41, 5.74) is 5.08. The number of amides is 1. The van der Waals surface area contributed by atoms with E-state index in [1.807, 2.05) is 40.9 Å². The zero-order chi connectivity index (χ0) is 18.6. The van der Waals surface area contributed by atoms with Gasteiger partial charge in [-0.05, 0) is 32.9 Å². The monoisotopic (exact) mass is 349 g/mol. The zero-order valence-corrected chi connectivity index (χ0v) is 15.3. The topological polar surface area (TPSA) is 90.5 Å². The molecule has 0 spiro atoms. The van der Waals surface area contributed by atoms with E-state index in [-0.39, 0.29) is 5.91 Å². The van der Waals surface area contributed by atoms with Gasteiger partial charge in [-0.2, -0.15) is 10.2 Å². The van der Waals surface area contributed by atoms with Crippen LogP contribution in [0.15, 0.2) is 18.3 Å². The Balaban J connectivity index is 1.77. The second-order valence-corrected chi connectivity index (χ2v) is 6.48. The summed E-state index contributed by atoms with van der Waals surface area (Å²) in [6.07, 6.45) is 1.64. The average molecular weight is 349 g/mol. The van der Waals surface area contributed by atoms with Crippen molar-refractivity contribution in [3.05, 3.63) is 41.0 Å². The number of nitrogens with one attached hydrogen (secondary N) is 1. The highest BCUT2D eigenvalue weighted by Gasteiger charge is 2.18. The average Bonchev–Trinajstić information content (AvgIpc) is 3.03. The summed E-state index contributed by atoms with van der Waals surface area (Å²) in [5.74, 6) is -0.209. The van der Waals surface area contributed by atoms with Gasteiger partial charge in [0.1, 0.15) is 0 Å². The predicted octanol–water partition coefficient (Wildman–Crippen LogP) is 2.43. The van der Waals surface area contributed by atoms with E-state index in [4.69, 9.17) is 0 Å². The Morgan fingerprint density at radius 2 is 1.69 bits per heavy atom. The number of hydrogen-bond donors (Lipinski definition) is 1. The molecule has 0 saturated heterocycles. The predicted molar refractivity (Wildman–Crippen MR) is 99.2 cm³/mol. The highest BCUT2D eigenvalue weighted by Crippen LogP contribution is 2.24. The van der Waals surface area contributed by atoms with Gasteiger partial charge in [0, 0.05) is 25.2 Å². The Morgan fingerprint density at radius 3 is 2.46 bits per heavy atom. The normalized spacial score (nSPS) is 11.4. The van der Waals surface area contributed by atoms with Crippen molar-refractivity contribution >= 4 is 33.7 Å². The van der Waals surface area contributed by atoms with Gasteiger partial charge in [-0.1, -0.05) is 0 Å². The molecular formula is C18H19N7O. The van der Waals surface area contributed by atoms with E-state index in [9.17, 15) is 4.79 Å². The second-order valence-electron chi connectivity index (χ2n) is 6.48. The van der Waals surface area contributed by atoms with Crippen molar-refractivity contribution in [3.8, 4) is 0 Å². The van der Waals surface area contributed by atoms with Crippen molar-refractivity contribution in [2.45, 2.75) is 20.8 Å². The second kappa shape index (κ2) is 5.62. The highest BCUT2D eigenvalue weighted by molar-refractivity contribution is 6.13. The number of pyridine rings is 2. The van der Waals surface area contributed by atoms with Crippen molar-refractivity contribution < 1.29 is 4.79 Å². The van der Waals surface area contributed by atoms with Crippen LogP contribution in [-0.2, 0) is 14.1 Å². The molecule has 0 aliphatic rings. The Kier molecular flexibility index (Phi) is 3.50. The molecule has 1 N–H and O–H groups in total. The summed E-state index contributed by atoms with van der Waals surface area (Å²) < 4.78 is 3.42. The van der Waals surface area contributed by atoms with Gasteiger partial charge in [-0.3, -0.25) is 14.2 Å². The molecule has 0 saturated carbocycles. The van der Waals surface area contributed by atoms with E-state index in [1.54, 1.807) is 21.6 Å². The number of nitrogens with zero attached hydrogens (tertiary/aromatic N) is 6. The number of aromatic nitrogens is 6. The molecule has 4 heterocycles. The number of carbonyl (C=O) groups excluding carboxylic acids is 1. The lowest BCUT2D eigenvalue weighted by Crippen LogP contribution is -2.13. The van der Waals surface area contributed by atoms with E-state index in [0.717, 1.165) is 33.5 Å². The number of carbonyl (C=O) groups is 1. The fourth-order valence-corrected chi connectivity index (χ4v) is 3.32. The minimum absolute atomic E-state index is 0.209. The summed E-state index contributed by atoms with van der Waals surface area (Å²) in [6.45, 7) is 5.66. The summed E-state index contributed by atoms with van der Waals surface area (Å²) in [4.78, 5) is 21.8. The number of rotatable bonds is 2. The lowest BCUT2D eigenvalue weighted by Gasteiger charge is -2.08. The van der Waals surface area contributed by atoms with Crippen LogP contribution in [0, 0.1) is 20.8 Å². The Hall–Kier alpha value is -3.29. The van der Waals surface area contributed by atoms with Gasteiger partial charge in [-0.15, -0.1) is 0 Å². The number of aryl methyl sites for hydroxylation is 5. The first-order chi connectivity index (χ1) is 12.3. The van der Waals surface area contributed by atoms with Crippen molar-refractivity contribution in [2.24, 2.45) is 14.1 Å². The van der Waals surface area contributed by atoms with E-state index in [1.165, 1.54) is 0 Å². The van der Waals surface area contributed by atoms with Gasteiger partial charge >= 0.3 is 0 Å². The standard InChI is InChI=1S/C18H19N7O/c1-9-6-14(15-11(3)23-25(5)17(15)20-9)18(26)21-12-7-13-10(2)22-24(4)16(13)19-8-12/h6-8H,1-5H3,(H,21,26). The van der Waals surface area contributed by atoms with Gasteiger partial charge in [0.05, 0.1) is 34.2 Å². The van der Waals surface area contributed by atoms with E-state index >= 15 is 0 Å². The van der Waals surface area contributed by atoms with Crippen LogP contribution in [-0.4, -0.2) is 35.4 Å². The molecule has 0 aliphatic carbocycles. The van der Waals surface area contributed by atoms with Crippen LogP contribution in [0.3, 0.4) is 0 Å². The number of anilines is 1. The minimum atomic E-state index is -0.209. The molecule has 0 bridgehead atoms. The van der Waals surface area contributed by atoms with E-state index in [2.05, 4.69) is 25.5 Å². The third kappa shape index (κ3) is 2.42. The van der Waals surface area contributed by atoms with E-state index < -0.39 is 0 Å². The third-order valence-corrected chi connectivity index (χ3v) is 4.46. The molecule has 8 heteroatoms. The maximum absolute atomic E-state index is 12.9. The van der Waals surface area contributed by atoms with Crippen molar-refractivity contribution in [2.75, 3.05) is 5.32 Å². The molecule has 1 amide bonds. The van der Waals surface area contributed by atoms with Crippen LogP contribution in [0.25, 0.3) is 22.1 Å². The smallest absolute Gasteiger partial charge is 0.256 e. The molecule has 132 valence electrons. The van der Waals surface area contributed by atoms with Gasteiger partial charge in [-0.25, -0.2) is 9.97 Å². The van der Waals surface area contributed by atoms with E-state index in [0.29, 0.717) is 16.9 Å². The van der Waals surface area contributed by atoms with Gasteiger partial charge < -0.3 is 5.32 Å². The first-order valence-corrected chi connectivity index (χ1v) is 8.27. The lowest BCUT2D eigenvalue weighted by molar-refractivity contribution is 0.102. The molecule has 0 fully saturated rings. The maximum Gasteiger partial charge on any atom is 0.256 e. The Labute approximate surface area is 149 Å². The first-order valence-electron chi connectivity index (χ1n) is 8.27. The van der Waals surface area contributed by atoms with Gasteiger partial charge in [0.15, 0.2) is 11.3 Å². The largest absolute Gasteiger partial charge is 0.321 e. The van der Waals surface area contributed by atoms with Crippen molar-refractivity contribution in [3.63, 3.8) is 0 Å². The van der Waals surface area contributed by atoms with Crippen molar-refractivity contribution in [1.29, 1.82) is 0 Å². The summed E-state index contributed by atoms with van der Waals surface area (Å²) >= 11 is 0. The lowest BCUT2D eigenvalue weighted by atomic mass is 10.1. The van der Waals surface area contributed by atoms with Crippen LogP contribution in [0.2, 0.25) is 0 Å². The molecule has 0 atom stereocenters. The molecule has 26 heavy (non-hydrogen) atoms. The fourth-order valence-electron chi connectivity index (χ4n) is 3.32. The SMILES string of the molecule is Cc1cc(C(=O)Nc2cnc3c(c2)c(C)nn3C)c2c(C)nn(C)c2n1. The summed E-state index contributed by atoms with van der Waals surface area (Å²) in [6, 6.07) is 3.68. The van der Waals surface area contributed by atoms with Crippen LogP contribution >= 0.6 is 0 Å². The quantitative estimate of drug-likeness (QED) is 0.600. The molecule has 0 aromatic carbocycles. The molecule has 8 nitrogen and oxygen atoms in total. The van der Waals surface area contributed by atoms with Crippen LogP contribution in [0.1, 0.15) is 27.4 Å². The molecule has 0 aliphatic heterocycles. The van der Waals surface area contributed by atoms with Gasteiger partial charge in [0.25, 0.3) is 5.91 Å². The first kappa shape index (κ1) is 16.2. The third-order valence-electron chi connectivity index (χ3n) is 4.46. The molecule has 0 radical (unpaired) electrons. The Morgan fingerprint density at radius 1 is 1.00 bits per heavy atom. The molecule has 0 unspecified atom stereocenters. The Bertz CT molecular complexity index is 1190. The highest BCUT2D eigenvalue weighted by atomic mass is 16.1. The van der Waals surface area contributed by atoms with Crippen LogP contribution < -0.4 is 5.32 Å². The minimum Gasteiger partial charge on any atom is -0.321 e. The fraction of sp³-hybridized carbons (Fsp3) is 0.278. The molecule has 4 rings (SSSR count). The zero-order valence-electron chi connectivity index (χ0n) is 15.3. The maximum atomic E-state index is 12.9. The number of hydrogen-bond acceptors (Lipinski definition) is 5. The van der Waals surface area contributed by atoms with Crippen LogP contribution in [0.4, 0.5) is 5.69 Å². The molecule has 4 aromatic heterocycles. The van der Waals surface area contributed by atoms with Gasteiger partial charge in [0.2, 0.25) is 0 Å². The molecular weight excluding hydrogens is 330 g/mol. The summed E-state index contributed by atoms with van der Waals surface area (Å²) in [7, 11) is 3.68.